The van der Waals surface area contributed by atoms with Crippen molar-refractivity contribution in [1.29, 1.82) is 0 Å². The number of carbonyl (C=O) groups is 2. The van der Waals surface area contributed by atoms with Crippen molar-refractivity contribution in [3.05, 3.63) is 100 Å². The molecular weight excluding hydrogens is 440 g/mol. The smallest absolute Gasteiger partial charge is 0.337 e. The van der Waals surface area contributed by atoms with Crippen LogP contribution in [0.1, 0.15) is 31.8 Å². The minimum Gasteiger partial charge on any atom is -0.483 e. The van der Waals surface area contributed by atoms with Gasteiger partial charge in [0, 0.05) is 18.0 Å². The first kappa shape index (κ1) is 22.6. The predicted octanol–water partition coefficient (Wildman–Crippen LogP) is 5.07. The quantitative estimate of drug-likeness (QED) is 0.496. The highest BCUT2D eigenvalue weighted by Gasteiger charge is 2.34. The van der Waals surface area contributed by atoms with E-state index in [0.717, 1.165) is 11.1 Å². The Hall–Kier alpha value is -3.64. The summed E-state index contributed by atoms with van der Waals surface area (Å²) in [6.45, 7) is 0.308. The monoisotopic (exact) mass is 462 g/mol. The summed E-state index contributed by atoms with van der Waals surface area (Å²) in [5, 5.41) is 0.493. The summed E-state index contributed by atoms with van der Waals surface area (Å²) in [6.07, 6.45) is 0.529. The maximum Gasteiger partial charge on any atom is 0.337 e. The number of ether oxygens (including phenoxy) is 2. The fourth-order valence-electron chi connectivity index (χ4n) is 3.86. The van der Waals surface area contributed by atoms with Crippen LogP contribution in [0, 0.1) is 0 Å². The lowest BCUT2D eigenvalue weighted by Gasteiger charge is -2.31. The van der Waals surface area contributed by atoms with E-state index in [9.17, 15) is 9.59 Å². The zero-order chi connectivity index (χ0) is 23.4. The van der Waals surface area contributed by atoms with Gasteiger partial charge in [0.15, 0.2) is 0 Å². The minimum atomic E-state index is -0.434. The van der Waals surface area contributed by atoms with E-state index in [2.05, 4.69) is 4.99 Å². The predicted molar refractivity (Wildman–Crippen MR) is 127 cm³/mol. The van der Waals surface area contributed by atoms with Crippen molar-refractivity contribution in [2.45, 2.75) is 19.0 Å². The Morgan fingerprint density at radius 1 is 1.00 bits per heavy atom. The Morgan fingerprint density at radius 2 is 1.73 bits per heavy atom. The molecule has 7 heteroatoms. The molecule has 0 spiro atoms. The number of aliphatic imine (C=N–C) groups is 1. The third-order valence-electron chi connectivity index (χ3n) is 5.55. The molecule has 0 aliphatic carbocycles. The van der Waals surface area contributed by atoms with Crippen LogP contribution < -0.4 is 0 Å². The van der Waals surface area contributed by atoms with E-state index in [1.54, 1.807) is 42.3 Å². The SMILES string of the molecule is COC(=O)c1ccc(CN2C(=O)c3ccc(Cl)cc3N=C(OC)[C@H]2Cc2ccccc2)cc1. The van der Waals surface area contributed by atoms with Gasteiger partial charge in [0.1, 0.15) is 6.04 Å². The van der Waals surface area contributed by atoms with Gasteiger partial charge < -0.3 is 14.4 Å². The van der Waals surface area contributed by atoms with Crippen LogP contribution in [-0.2, 0) is 22.4 Å². The first-order valence-electron chi connectivity index (χ1n) is 10.4. The van der Waals surface area contributed by atoms with Gasteiger partial charge in [-0.1, -0.05) is 54.1 Å². The molecule has 168 valence electrons. The molecule has 6 nitrogen and oxygen atoms in total. The number of halogens is 1. The Kier molecular flexibility index (Phi) is 6.75. The van der Waals surface area contributed by atoms with Gasteiger partial charge in [-0.15, -0.1) is 0 Å². The highest BCUT2D eigenvalue weighted by Crippen LogP contribution is 2.31. The van der Waals surface area contributed by atoms with Crippen molar-refractivity contribution in [3.8, 4) is 0 Å². The van der Waals surface area contributed by atoms with Crippen LogP contribution in [0.2, 0.25) is 5.02 Å². The second-order valence-electron chi connectivity index (χ2n) is 7.64. The molecule has 0 unspecified atom stereocenters. The van der Waals surface area contributed by atoms with Gasteiger partial charge in [-0.25, -0.2) is 9.79 Å². The fourth-order valence-corrected chi connectivity index (χ4v) is 4.03. The van der Waals surface area contributed by atoms with E-state index < -0.39 is 12.0 Å². The number of carbonyl (C=O) groups excluding carboxylic acids is 2. The molecule has 0 bridgehead atoms. The fraction of sp³-hybridized carbons (Fsp3) is 0.192. The molecule has 0 saturated carbocycles. The van der Waals surface area contributed by atoms with Crippen LogP contribution in [0.3, 0.4) is 0 Å². The summed E-state index contributed by atoms with van der Waals surface area (Å²) >= 11 is 6.18. The molecule has 0 N–H and O–H groups in total. The van der Waals surface area contributed by atoms with Gasteiger partial charge in [-0.05, 0) is 41.5 Å². The average Bonchev–Trinajstić information content (AvgIpc) is 2.94. The van der Waals surface area contributed by atoms with Gasteiger partial charge in [-0.3, -0.25) is 4.79 Å². The number of hydrogen-bond donors (Lipinski definition) is 0. The van der Waals surface area contributed by atoms with Crippen molar-refractivity contribution < 1.29 is 19.1 Å². The molecule has 0 fully saturated rings. The van der Waals surface area contributed by atoms with Crippen LogP contribution in [0.15, 0.2) is 77.8 Å². The number of esters is 1. The summed E-state index contributed by atoms with van der Waals surface area (Å²) in [5.41, 5.74) is 3.29. The molecule has 4 rings (SSSR count). The molecule has 33 heavy (non-hydrogen) atoms. The van der Waals surface area contributed by atoms with Crippen molar-refractivity contribution >= 4 is 35.1 Å². The van der Waals surface area contributed by atoms with E-state index in [-0.39, 0.29) is 5.91 Å². The van der Waals surface area contributed by atoms with Crippen LogP contribution in [0.5, 0.6) is 0 Å². The zero-order valence-electron chi connectivity index (χ0n) is 18.3. The van der Waals surface area contributed by atoms with E-state index in [4.69, 9.17) is 21.1 Å². The van der Waals surface area contributed by atoms with Crippen molar-refractivity contribution in [1.82, 2.24) is 4.90 Å². The Balaban J connectivity index is 1.75. The normalized spacial score (nSPS) is 15.4. The maximum absolute atomic E-state index is 13.7. The molecule has 0 aromatic heterocycles. The van der Waals surface area contributed by atoms with Gasteiger partial charge in [0.25, 0.3) is 5.91 Å². The summed E-state index contributed by atoms with van der Waals surface area (Å²) < 4.78 is 10.5. The first-order valence-corrected chi connectivity index (χ1v) is 10.8. The second kappa shape index (κ2) is 9.88. The maximum atomic E-state index is 13.7. The van der Waals surface area contributed by atoms with E-state index >= 15 is 0 Å². The molecule has 1 aliphatic heterocycles. The second-order valence-corrected chi connectivity index (χ2v) is 8.08. The number of methoxy groups -OCH3 is 2. The minimum absolute atomic E-state index is 0.171. The van der Waals surface area contributed by atoms with Gasteiger partial charge in [-0.2, -0.15) is 0 Å². The highest BCUT2D eigenvalue weighted by atomic mass is 35.5. The molecular formula is C26H23ClN2O4. The van der Waals surface area contributed by atoms with Crippen LogP contribution in [0.25, 0.3) is 0 Å². The molecule has 0 saturated heterocycles. The van der Waals surface area contributed by atoms with E-state index in [1.807, 2.05) is 42.5 Å². The van der Waals surface area contributed by atoms with Crippen LogP contribution in [-0.4, -0.2) is 42.9 Å². The lowest BCUT2D eigenvalue weighted by atomic mass is 10.0. The number of rotatable bonds is 5. The molecule has 3 aromatic rings. The number of hydrogen-bond acceptors (Lipinski definition) is 5. The van der Waals surface area contributed by atoms with Crippen LogP contribution >= 0.6 is 11.6 Å². The number of benzene rings is 3. The van der Waals surface area contributed by atoms with Gasteiger partial charge in [0.2, 0.25) is 5.90 Å². The summed E-state index contributed by atoms with van der Waals surface area (Å²) in [6, 6.07) is 21.5. The largest absolute Gasteiger partial charge is 0.483 e. The first-order chi connectivity index (χ1) is 16.0. The summed E-state index contributed by atoms with van der Waals surface area (Å²) in [5.74, 6) is -0.149. The zero-order valence-corrected chi connectivity index (χ0v) is 19.1. The van der Waals surface area contributed by atoms with Gasteiger partial charge in [0.05, 0.1) is 31.0 Å². The third kappa shape index (κ3) is 4.91. The van der Waals surface area contributed by atoms with E-state index in [0.29, 0.717) is 40.7 Å². The molecule has 3 aromatic carbocycles. The molecule has 1 aliphatic rings. The molecule has 1 heterocycles. The van der Waals surface area contributed by atoms with Crippen molar-refractivity contribution in [2.24, 2.45) is 4.99 Å². The standard InChI is InChI=1S/C26H23ClN2O4/c1-32-24-23(14-17-6-4-3-5-7-17)29(16-18-8-10-19(11-9-18)26(31)33-2)25(30)21-13-12-20(27)15-22(21)28-24/h3-13,15,23H,14,16H2,1-2H3/t23-/m1/s1. The topological polar surface area (TPSA) is 68.2 Å². The number of fused-ring (bicyclic) bond motifs is 1. The summed E-state index contributed by atoms with van der Waals surface area (Å²) in [7, 11) is 2.90. The van der Waals surface area contributed by atoms with Crippen molar-refractivity contribution in [2.75, 3.05) is 14.2 Å². The Morgan fingerprint density at radius 3 is 2.39 bits per heavy atom. The van der Waals surface area contributed by atoms with Crippen LogP contribution in [0.4, 0.5) is 5.69 Å². The highest BCUT2D eigenvalue weighted by molar-refractivity contribution is 6.31. The number of amides is 1. The molecule has 0 radical (unpaired) electrons. The van der Waals surface area contributed by atoms with Crippen molar-refractivity contribution in [3.63, 3.8) is 0 Å². The molecule has 1 amide bonds. The van der Waals surface area contributed by atoms with E-state index in [1.165, 1.54) is 7.11 Å². The average molecular weight is 463 g/mol. The van der Waals surface area contributed by atoms with Gasteiger partial charge >= 0.3 is 5.97 Å². The number of nitrogens with zero attached hydrogens (tertiary/aromatic N) is 2. The summed E-state index contributed by atoms with van der Waals surface area (Å²) in [4.78, 5) is 31.9. The lowest BCUT2D eigenvalue weighted by molar-refractivity contribution is 0.0599. The lowest BCUT2D eigenvalue weighted by Crippen LogP contribution is -2.45. The molecule has 1 atom stereocenters. The Bertz CT molecular complexity index is 1190. The third-order valence-corrected chi connectivity index (χ3v) is 5.79. The Labute approximate surface area is 197 Å².